The summed E-state index contributed by atoms with van der Waals surface area (Å²) in [4.78, 5) is 22.8. The third-order valence-electron chi connectivity index (χ3n) is 6.88. The Kier molecular flexibility index (Phi) is 8.93. The molecule has 3 fully saturated rings. The Balaban J connectivity index is 1.34. The molecular weight excluding hydrogens is 428 g/mol. The maximum Gasteiger partial charge on any atom is 0.324 e. The number of carbonyl (C=O) groups is 1. The summed E-state index contributed by atoms with van der Waals surface area (Å²) in [5.74, 6) is 1.05. The van der Waals surface area contributed by atoms with Crippen LogP contribution >= 0.6 is 23.1 Å². The molecule has 174 valence electrons. The first-order chi connectivity index (χ1) is 15.2. The van der Waals surface area contributed by atoms with Crippen molar-refractivity contribution in [2.24, 2.45) is 0 Å². The predicted molar refractivity (Wildman–Crippen MR) is 129 cm³/mol. The van der Waals surface area contributed by atoms with Crippen molar-refractivity contribution in [2.75, 3.05) is 43.9 Å². The van der Waals surface area contributed by atoms with Gasteiger partial charge in [0.05, 0.1) is 23.1 Å². The summed E-state index contributed by atoms with van der Waals surface area (Å²) in [6, 6.07) is 0.887. The number of thiazole rings is 1. The summed E-state index contributed by atoms with van der Waals surface area (Å²) >= 11 is 3.50. The Morgan fingerprint density at radius 2 is 1.71 bits per heavy atom. The fraction of sp³-hybridized carbons (Fsp3) is 0.826. The third-order valence-corrected chi connectivity index (χ3v) is 9.30. The minimum atomic E-state index is 0.0809. The molecule has 2 saturated carbocycles. The number of anilines is 1. The van der Waals surface area contributed by atoms with E-state index in [2.05, 4.69) is 22.0 Å². The Hall–Kier alpha value is -0.830. The van der Waals surface area contributed by atoms with Gasteiger partial charge < -0.3 is 9.64 Å². The van der Waals surface area contributed by atoms with Crippen LogP contribution in [0.2, 0.25) is 0 Å². The van der Waals surface area contributed by atoms with Gasteiger partial charge in [-0.1, -0.05) is 49.9 Å². The van der Waals surface area contributed by atoms with Gasteiger partial charge in [0.15, 0.2) is 5.13 Å². The number of aromatic nitrogens is 1. The zero-order valence-electron chi connectivity index (χ0n) is 18.9. The summed E-state index contributed by atoms with van der Waals surface area (Å²) in [5, 5.41) is 3.95. The van der Waals surface area contributed by atoms with Gasteiger partial charge in [0.2, 0.25) is 0 Å². The topological polar surface area (TPSA) is 57.7 Å². The summed E-state index contributed by atoms with van der Waals surface area (Å²) in [7, 11) is 0. The molecule has 0 radical (unpaired) electrons. The fourth-order valence-corrected chi connectivity index (χ4v) is 7.37. The highest BCUT2D eigenvalue weighted by atomic mass is 32.2. The molecule has 0 aromatic carbocycles. The molecule has 6 nitrogen and oxygen atoms in total. The largest absolute Gasteiger partial charge is 0.379 e. The van der Waals surface area contributed by atoms with E-state index >= 15 is 0 Å². The van der Waals surface area contributed by atoms with E-state index in [0.29, 0.717) is 12.1 Å². The fourth-order valence-electron chi connectivity index (χ4n) is 5.17. The van der Waals surface area contributed by atoms with Gasteiger partial charge in [-0.3, -0.25) is 10.2 Å². The van der Waals surface area contributed by atoms with E-state index < -0.39 is 0 Å². The Bertz CT molecular complexity index is 678. The van der Waals surface area contributed by atoms with Crippen LogP contribution in [0.4, 0.5) is 9.93 Å². The molecule has 3 aliphatic rings. The van der Waals surface area contributed by atoms with Crippen molar-refractivity contribution in [3.8, 4) is 0 Å². The standard InChI is InChI=1S/C23H38N4O2S2/c1-18-21(30-17-14-26-12-15-29-16-13-26)31-22(24-18)25-23(28)27(19-8-4-2-5-9-19)20-10-6-3-7-11-20/h19-20H,2-17H2,1H3,(H,24,25,28). The molecule has 0 bridgehead atoms. The van der Waals surface area contributed by atoms with Crippen LogP contribution in [-0.4, -0.2) is 71.5 Å². The number of ether oxygens (including phenoxy) is 1. The lowest BCUT2D eigenvalue weighted by Gasteiger charge is -2.41. The van der Waals surface area contributed by atoms with E-state index in [1.165, 1.54) is 42.7 Å². The number of hydrogen-bond acceptors (Lipinski definition) is 6. The molecule has 2 heterocycles. The van der Waals surface area contributed by atoms with E-state index in [-0.39, 0.29) is 6.03 Å². The molecule has 0 spiro atoms. The van der Waals surface area contributed by atoms with Gasteiger partial charge >= 0.3 is 6.03 Å². The molecule has 0 unspecified atom stereocenters. The monoisotopic (exact) mass is 466 g/mol. The van der Waals surface area contributed by atoms with Crippen molar-refractivity contribution in [1.82, 2.24) is 14.8 Å². The normalized spacial score (nSPS) is 21.8. The number of urea groups is 1. The van der Waals surface area contributed by atoms with Crippen LogP contribution in [0, 0.1) is 6.92 Å². The van der Waals surface area contributed by atoms with Crippen LogP contribution in [0.3, 0.4) is 0 Å². The summed E-state index contributed by atoms with van der Waals surface area (Å²) in [6.45, 7) is 6.88. The second kappa shape index (κ2) is 11.9. The predicted octanol–water partition coefficient (Wildman–Crippen LogP) is 5.38. The van der Waals surface area contributed by atoms with Crippen molar-refractivity contribution < 1.29 is 9.53 Å². The third kappa shape index (κ3) is 6.59. The minimum Gasteiger partial charge on any atom is -0.379 e. The van der Waals surface area contributed by atoms with Crippen LogP contribution in [0.15, 0.2) is 4.21 Å². The first-order valence-electron chi connectivity index (χ1n) is 12.2. The molecule has 1 aromatic heterocycles. The maximum absolute atomic E-state index is 13.4. The van der Waals surface area contributed by atoms with Gasteiger partial charge in [0.1, 0.15) is 0 Å². The highest BCUT2D eigenvalue weighted by Crippen LogP contribution is 2.34. The Labute approximate surface area is 195 Å². The van der Waals surface area contributed by atoms with Crippen LogP contribution in [-0.2, 0) is 4.74 Å². The highest BCUT2D eigenvalue weighted by molar-refractivity contribution is 8.01. The number of hydrogen-bond donors (Lipinski definition) is 1. The zero-order chi connectivity index (χ0) is 21.5. The van der Waals surface area contributed by atoms with Crippen molar-refractivity contribution >= 4 is 34.3 Å². The van der Waals surface area contributed by atoms with Crippen LogP contribution in [0.5, 0.6) is 0 Å². The molecular formula is C23H38N4O2S2. The molecule has 4 rings (SSSR count). The first kappa shape index (κ1) is 23.3. The molecule has 1 saturated heterocycles. The van der Waals surface area contributed by atoms with Crippen molar-refractivity contribution in [2.45, 2.75) is 87.4 Å². The number of carbonyl (C=O) groups excluding carboxylic acids is 1. The molecule has 0 atom stereocenters. The molecule has 1 aromatic rings. The number of rotatable bonds is 7. The highest BCUT2D eigenvalue weighted by Gasteiger charge is 2.33. The van der Waals surface area contributed by atoms with Gasteiger partial charge in [-0.25, -0.2) is 9.78 Å². The van der Waals surface area contributed by atoms with Gasteiger partial charge in [-0.05, 0) is 32.6 Å². The van der Waals surface area contributed by atoms with E-state index in [4.69, 9.17) is 9.72 Å². The number of nitrogens with one attached hydrogen (secondary N) is 1. The lowest BCUT2D eigenvalue weighted by atomic mass is 9.89. The lowest BCUT2D eigenvalue weighted by Crippen LogP contribution is -2.50. The van der Waals surface area contributed by atoms with Gasteiger partial charge in [-0.2, -0.15) is 0 Å². The van der Waals surface area contributed by atoms with E-state index in [1.807, 2.05) is 11.8 Å². The van der Waals surface area contributed by atoms with E-state index in [9.17, 15) is 4.79 Å². The first-order valence-corrected chi connectivity index (χ1v) is 14.0. The lowest BCUT2D eigenvalue weighted by molar-refractivity contribution is 0.0410. The smallest absolute Gasteiger partial charge is 0.324 e. The maximum atomic E-state index is 13.4. The average molecular weight is 467 g/mol. The molecule has 1 N–H and O–H groups in total. The van der Waals surface area contributed by atoms with E-state index in [1.54, 1.807) is 11.3 Å². The SMILES string of the molecule is Cc1nc(NC(=O)N(C2CCCCC2)C2CCCCC2)sc1SCCN1CCOCC1. The van der Waals surface area contributed by atoms with Crippen LogP contribution in [0.1, 0.15) is 69.9 Å². The number of morpholine rings is 1. The van der Waals surface area contributed by atoms with Crippen molar-refractivity contribution in [3.63, 3.8) is 0 Å². The van der Waals surface area contributed by atoms with Gasteiger partial charge in [0, 0.05) is 37.5 Å². The average Bonchev–Trinajstić information content (AvgIpc) is 3.15. The summed E-state index contributed by atoms with van der Waals surface area (Å²) < 4.78 is 6.66. The van der Waals surface area contributed by atoms with Crippen molar-refractivity contribution in [1.29, 1.82) is 0 Å². The Morgan fingerprint density at radius 1 is 1.10 bits per heavy atom. The number of aryl methyl sites for hydroxylation is 1. The zero-order valence-corrected chi connectivity index (χ0v) is 20.6. The molecule has 2 amide bonds. The Morgan fingerprint density at radius 3 is 2.32 bits per heavy atom. The summed E-state index contributed by atoms with van der Waals surface area (Å²) in [5.41, 5.74) is 1.04. The molecule has 8 heteroatoms. The second-order valence-corrected chi connectivity index (χ2v) is 11.5. The quantitative estimate of drug-likeness (QED) is 0.547. The molecule has 2 aliphatic carbocycles. The van der Waals surface area contributed by atoms with Crippen LogP contribution < -0.4 is 5.32 Å². The van der Waals surface area contributed by atoms with Crippen molar-refractivity contribution in [3.05, 3.63) is 5.69 Å². The molecule has 31 heavy (non-hydrogen) atoms. The second-order valence-electron chi connectivity index (χ2n) is 9.12. The van der Waals surface area contributed by atoms with E-state index in [0.717, 1.165) is 75.1 Å². The number of nitrogens with zero attached hydrogens (tertiary/aromatic N) is 3. The van der Waals surface area contributed by atoms with Gasteiger partial charge in [-0.15, -0.1) is 11.8 Å². The number of thioether (sulfide) groups is 1. The molecule has 1 aliphatic heterocycles. The van der Waals surface area contributed by atoms with Crippen LogP contribution in [0.25, 0.3) is 0 Å². The number of amides is 2. The minimum absolute atomic E-state index is 0.0809. The summed E-state index contributed by atoms with van der Waals surface area (Å²) in [6.07, 6.45) is 12.3. The van der Waals surface area contributed by atoms with Gasteiger partial charge in [0.25, 0.3) is 0 Å².